The first-order valence-electron chi connectivity index (χ1n) is 3.78. The molecule has 5 nitrogen and oxygen atoms in total. The van der Waals surface area contributed by atoms with Crippen molar-refractivity contribution >= 4 is 5.69 Å². The van der Waals surface area contributed by atoms with E-state index in [0.29, 0.717) is 12.1 Å². The Balaban J connectivity index is 3.31. The van der Waals surface area contributed by atoms with Crippen molar-refractivity contribution in [3.8, 4) is 11.8 Å². The number of nitro groups is 1. The van der Waals surface area contributed by atoms with Crippen LogP contribution in [-0.2, 0) is 0 Å². The highest BCUT2D eigenvalue weighted by Gasteiger charge is 2.22. The summed E-state index contributed by atoms with van der Waals surface area (Å²) in [6, 6.07) is 2.26. The monoisotopic (exact) mass is 232 g/mol. The molecule has 0 saturated carbocycles. The van der Waals surface area contributed by atoms with Crippen molar-refractivity contribution in [3.63, 3.8) is 0 Å². The van der Waals surface area contributed by atoms with Crippen LogP contribution in [0, 0.1) is 27.3 Å². The van der Waals surface area contributed by atoms with Gasteiger partial charge in [-0.3, -0.25) is 10.1 Å². The average molecular weight is 232 g/mol. The fourth-order valence-electron chi connectivity index (χ4n) is 0.962. The van der Waals surface area contributed by atoms with Gasteiger partial charge in [0.1, 0.15) is 11.9 Å². The molecular weight excluding hydrogens is 229 g/mol. The lowest BCUT2D eigenvalue weighted by Gasteiger charge is -2.05. The van der Waals surface area contributed by atoms with Gasteiger partial charge in [0.2, 0.25) is 5.75 Å². The molecule has 0 amide bonds. The number of benzene rings is 1. The zero-order valence-electron chi connectivity index (χ0n) is 7.49. The SMILES string of the molecule is N#Cc1cc([N+](=O)[O-])c(OC(F)F)cc1F. The van der Waals surface area contributed by atoms with Crippen molar-refractivity contribution in [2.45, 2.75) is 6.61 Å². The van der Waals surface area contributed by atoms with E-state index in [-0.39, 0.29) is 0 Å². The lowest BCUT2D eigenvalue weighted by Crippen LogP contribution is -2.05. The number of hydrogen-bond donors (Lipinski definition) is 0. The van der Waals surface area contributed by atoms with E-state index in [1.54, 1.807) is 0 Å². The van der Waals surface area contributed by atoms with Crippen molar-refractivity contribution < 1.29 is 22.8 Å². The maximum absolute atomic E-state index is 13.0. The van der Waals surface area contributed by atoms with Gasteiger partial charge in [0.15, 0.2) is 0 Å². The normalized spacial score (nSPS) is 9.94. The highest BCUT2D eigenvalue weighted by molar-refractivity contribution is 5.52. The molecule has 0 saturated heterocycles. The van der Waals surface area contributed by atoms with Gasteiger partial charge in [0.05, 0.1) is 10.5 Å². The molecule has 16 heavy (non-hydrogen) atoms. The zero-order chi connectivity index (χ0) is 12.3. The molecule has 0 radical (unpaired) electrons. The van der Waals surface area contributed by atoms with Gasteiger partial charge in [-0.2, -0.15) is 14.0 Å². The highest BCUT2D eigenvalue weighted by atomic mass is 19.3. The van der Waals surface area contributed by atoms with Crippen LogP contribution < -0.4 is 4.74 Å². The molecule has 8 heteroatoms. The van der Waals surface area contributed by atoms with Crippen molar-refractivity contribution in [3.05, 3.63) is 33.6 Å². The minimum atomic E-state index is -3.31. The van der Waals surface area contributed by atoms with Gasteiger partial charge in [0.25, 0.3) is 0 Å². The Kier molecular flexibility index (Phi) is 3.30. The molecule has 0 bridgehead atoms. The molecule has 1 aromatic carbocycles. The highest BCUT2D eigenvalue weighted by Crippen LogP contribution is 2.30. The summed E-state index contributed by atoms with van der Waals surface area (Å²) in [7, 11) is 0. The van der Waals surface area contributed by atoms with Crippen LogP contribution in [0.4, 0.5) is 18.9 Å². The predicted octanol–water partition coefficient (Wildman–Crippen LogP) is 2.21. The van der Waals surface area contributed by atoms with Crippen LogP contribution in [0.3, 0.4) is 0 Å². The Morgan fingerprint density at radius 2 is 2.12 bits per heavy atom. The van der Waals surface area contributed by atoms with E-state index in [0.717, 1.165) is 0 Å². The smallest absolute Gasteiger partial charge is 0.387 e. The molecule has 0 aromatic heterocycles. The molecule has 0 atom stereocenters. The Hall–Kier alpha value is -2.30. The number of rotatable bonds is 3. The van der Waals surface area contributed by atoms with E-state index in [1.165, 1.54) is 6.07 Å². The van der Waals surface area contributed by atoms with Crippen molar-refractivity contribution in [1.29, 1.82) is 5.26 Å². The molecule has 1 rings (SSSR count). The number of halogens is 3. The molecule has 0 aliphatic carbocycles. The number of ether oxygens (including phenoxy) is 1. The van der Waals surface area contributed by atoms with Gasteiger partial charge in [-0.15, -0.1) is 0 Å². The second-order valence-corrected chi connectivity index (χ2v) is 2.55. The number of nitro benzene ring substituents is 1. The van der Waals surface area contributed by atoms with E-state index in [2.05, 4.69) is 4.74 Å². The molecule has 0 heterocycles. The molecule has 1 aromatic rings. The molecular formula is C8H3F3N2O3. The molecule has 0 N–H and O–H groups in total. The number of nitrogens with zero attached hydrogens (tertiary/aromatic N) is 2. The average Bonchev–Trinajstić information content (AvgIpc) is 2.16. The van der Waals surface area contributed by atoms with Gasteiger partial charge in [-0.05, 0) is 0 Å². The van der Waals surface area contributed by atoms with Crippen LogP contribution in [0.5, 0.6) is 5.75 Å². The van der Waals surface area contributed by atoms with E-state index in [9.17, 15) is 23.3 Å². The fraction of sp³-hybridized carbons (Fsp3) is 0.125. The standard InChI is InChI=1S/C8H3F3N2O3/c9-5-2-7(16-8(10)11)6(13(14)15)1-4(5)3-12/h1-2,8H. The first-order valence-corrected chi connectivity index (χ1v) is 3.78. The molecule has 0 spiro atoms. The minimum absolute atomic E-state index is 0.378. The second-order valence-electron chi connectivity index (χ2n) is 2.55. The summed E-state index contributed by atoms with van der Waals surface area (Å²) < 4.78 is 40.4. The number of nitriles is 1. The maximum atomic E-state index is 13.0. The van der Waals surface area contributed by atoms with E-state index < -0.39 is 34.4 Å². The first-order chi connectivity index (χ1) is 7.45. The summed E-state index contributed by atoms with van der Waals surface area (Å²) in [5.74, 6) is -2.08. The van der Waals surface area contributed by atoms with Gasteiger partial charge >= 0.3 is 12.3 Å². The summed E-state index contributed by atoms with van der Waals surface area (Å²) in [6.45, 7) is -3.31. The van der Waals surface area contributed by atoms with Crippen molar-refractivity contribution in [1.82, 2.24) is 0 Å². The van der Waals surface area contributed by atoms with Crippen molar-refractivity contribution in [2.75, 3.05) is 0 Å². The summed E-state index contributed by atoms with van der Waals surface area (Å²) in [4.78, 5) is 9.39. The van der Waals surface area contributed by atoms with Gasteiger partial charge in [-0.1, -0.05) is 0 Å². The van der Waals surface area contributed by atoms with Crippen LogP contribution in [0.25, 0.3) is 0 Å². The molecule has 0 unspecified atom stereocenters. The summed E-state index contributed by atoms with van der Waals surface area (Å²) >= 11 is 0. The zero-order valence-corrected chi connectivity index (χ0v) is 7.49. The molecule has 0 aliphatic heterocycles. The largest absolute Gasteiger partial charge is 0.427 e. The van der Waals surface area contributed by atoms with Crippen molar-refractivity contribution in [2.24, 2.45) is 0 Å². The summed E-state index contributed by atoms with van der Waals surface area (Å²) in [6.07, 6.45) is 0. The molecule has 84 valence electrons. The van der Waals surface area contributed by atoms with Crippen LogP contribution in [-0.4, -0.2) is 11.5 Å². The van der Waals surface area contributed by atoms with E-state index >= 15 is 0 Å². The van der Waals surface area contributed by atoms with Crippen LogP contribution >= 0.6 is 0 Å². The Morgan fingerprint density at radius 3 is 2.56 bits per heavy atom. The number of hydrogen-bond acceptors (Lipinski definition) is 4. The second kappa shape index (κ2) is 4.48. The predicted molar refractivity (Wildman–Crippen MR) is 44.4 cm³/mol. The third-order valence-corrected chi connectivity index (χ3v) is 1.58. The third-order valence-electron chi connectivity index (χ3n) is 1.58. The Morgan fingerprint density at radius 1 is 1.50 bits per heavy atom. The van der Waals surface area contributed by atoms with Crippen LogP contribution in [0.2, 0.25) is 0 Å². The van der Waals surface area contributed by atoms with E-state index in [4.69, 9.17) is 5.26 Å². The summed E-state index contributed by atoms with van der Waals surface area (Å²) in [5.41, 5.74) is -1.51. The van der Waals surface area contributed by atoms with Gasteiger partial charge in [0, 0.05) is 12.1 Å². The topological polar surface area (TPSA) is 76.2 Å². The fourth-order valence-corrected chi connectivity index (χ4v) is 0.962. The lowest BCUT2D eigenvalue weighted by molar-refractivity contribution is -0.386. The Labute approximate surface area is 86.8 Å². The lowest BCUT2D eigenvalue weighted by atomic mass is 10.2. The summed E-state index contributed by atoms with van der Waals surface area (Å²) in [5, 5.41) is 18.8. The van der Waals surface area contributed by atoms with E-state index in [1.807, 2.05) is 0 Å². The van der Waals surface area contributed by atoms with Gasteiger partial charge in [-0.25, -0.2) is 4.39 Å². The molecule has 0 aliphatic rings. The third kappa shape index (κ3) is 2.38. The minimum Gasteiger partial charge on any atom is -0.427 e. The number of alkyl halides is 2. The molecule has 0 fully saturated rings. The first kappa shape index (κ1) is 11.8. The van der Waals surface area contributed by atoms with Crippen LogP contribution in [0.1, 0.15) is 5.56 Å². The Bertz CT molecular complexity index is 470. The van der Waals surface area contributed by atoms with Gasteiger partial charge < -0.3 is 4.74 Å². The maximum Gasteiger partial charge on any atom is 0.387 e. The van der Waals surface area contributed by atoms with Crippen LogP contribution in [0.15, 0.2) is 12.1 Å². The quantitative estimate of drug-likeness (QED) is 0.591.